The molecule has 2 heterocycles. The first-order chi connectivity index (χ1) is 11.5. The molecule has 0 amide bonds. The van der Waals surface area contributed by atoms with Crippen molar-refractivity contribution in [2.24, 2.45) is 0 Å². The summed E-state index contributed by atoms with van der Waals surface area (Å²) in [5, 5.41) is 1.74. The average molecular weight is 352 g/mol. The summed E-state index contributed by atoms with van der Waals surface area (Å²) in [5.74, 6) is -0.515. The zero-order valence-electron chi connectivity index (χ0n) is 12.0. The van der Waals surface area contributed by atoms with Gasteiger partial charge in [0.15, 0.2) is 0 Å². The zero-order chi connectivity index (χ0) is 17.1. The topological polar surface area (TPSA) is 81.3 Å². The molecule has 0 atom stereocenters. The fourth-order valence-electron chi connectivity index (χ4n) is 1.98. The van der Waals surface area contributed by atoms with Crippen molar-refractivity contribution >= 4 is 27.5 Å². The van der Waals surface area contributed by atoms with Crippen LogP contribution in [0.5, 0.6) is 5.75 Å². The summed E-state index contributed by atoms with van der Waals surface area (Å²) < 4.78 is 33.9. The lowest BCUT2D eigenvalue weighted by atomic mass is 10.2. The molecule has 3 rings (SSSR count). The molecule has 3 aromatic rings. The third-order valence-corrected chi connectivity index (χ3v) is 3.92. The van der Waals surface area contributed by atoms with Gasteiger partial charge in [-0.1, -0.05) is 0 Å². The van der Waals surface area contributed by atoms with Crippen molar-refractivity contribution in [2.75, 3.05) is 0 Å². The predicted molar refractivity (Wildman–Crippen MR) is 82.4 cm³/mol. The van der Waals surface area contributed by atoms with Crippen LogP contribution in [0.1, 0.15) is 16.2 Å². The number of nitrogens with zero attached hydrogens (tertiary/aromatic N) is 1. The van der Waals surface area contributed by atoms with Gasteiger partial charge in [-0.05, 0) is 35.7 Å². The van der Waals surface area contributed by atoms with Gasteiger partial charge >= 0.3 is 12.6 Å². The number of aromatic amines is 1. The Morgan fingerprint density at radius 2 is 2.00 bits per heavy atom. The fourth-order valence-corrected chi connectivity index (χ4v) is 2.71. The molecule has 0 unspecified atom stereocenters. The molecule has 0 saturated heterocycles. The zero-order valence-corrected chi connectivity index (χ0v) is 12.8. The number of alkyl halides is 2. The van der Waals surface area contributed by atoms with E-state index in [2.05, 4.69) is 14.7 Å². The summed E-state index contributed by atoms with van der Waals surface area (Å²) in [6, 6.07) is 6.78. The lowest BCUT2D eigenvalue weighted by molar-refractivity contribution is -0.0498. The molecule has 0 bridgehead atoms. The second-order valence-corrected chi connectivity index (χ2v) is 5.54. The van der Waals surface area contributed by atoms with Gasteiger partial charge in [0.2, 0.25) is 0 Å². The molecule has 6 nitrogen and oxygen atoms in total. The number of H-pyrrole nitrogens is 1. The van der Waals surface area contributed by atoms with Crippen LogP contribution in [0, 0.1) is 0 Å². The van der Waals surface area contributed by atoms with Crippen LogP contribution in [0.25, 0.3) is 10.2 Å². The number of thiophene rings is 1. The largest absolute Gasteiger partial charge is 0.454 e. The second kappa shape index (κ2) is 6.75. The highest BCUT2D eigenvalue weighted by atomic mass is 32.1. The van der Waals surface area contributed by atoms with Crippen molar-refractivity contribution < 1.29 is 23.0 Å². The first kappa shape index (κ1) is 16.1. The molecule has 0 aliphatic heterocycles. The SMILES string of the molecule is O=C(OCc1nc2ccsc2c(=O)[nH]1)c1ccc(OC(F)F)cc1. The van der Waals surface area contributed by atoms with Gasteiger partial charge in [0.1, 0.15) is 22.9 Å². The molecule has 0 spiro atoms. The smallest absolute Gasteiger partial charge is 0.387 e. The van der Waals surface area contributed by atoms with Crippen LogP contribution in [0.15, 0.2) is 40.5 Å². The number of fused-ring (bicyclic) bond motifs is 1. The molecule has 1 N–H and O–H groups in total. The maximum absolute atomic E-state index is 12.1. The van der Waals surface area contributed by atoms with Crippen molar-refractivity contribution in [3.63, 3.8) is 0 Å². The van der Waals surface area contributed by atoms with E-state index in [0.717, 1.165) is 0 Å². The highest BCUT2D eigenvalue weighted by molar-refractivity contribution is 7.17. The van der Waals surface area contributed by atoms with E-state index in [9.17, 15) is 18.4 Å². The maximum atomic E-state index is 12.1. The number of ether oxygens (including phenoxy) is 2. The van der Waals surface area contributed by atoms with Crippen LogP contribution < -0.4 is 10.3 Å². The lowest BCUT2D eigenvalue weighted by Crippen LogP contribution is -2.13. The van der Waals surface area contributed by atoms with Crippen molar-refractivity contribution in [1.82, 2.24) is 9.97 Å². The number of halogens is 2. The summed E-state index contributed by atoms with van der Waals surface area (Å²) in [4.78, 5) is 30.4. The van der Waals surface area contributed by atoms with Crippen LogP contribution in [-0.2, 0) is 11.3 Å². The molecule has 0 saturated carbocycles. The van der Waals surface area contributed by atoms with Crippen LogP contribution >= 0.6 is 11.3 Å². The molecule has 0 aliphatic rings. The molecule has 9 heteroatoms. The van der Waals surface area contributed by atoms with E-state index in [1.165, 1.54) is 35.6 Å². The Kier molecular flexibility index (Phi) is 4.52. The number of esters is 1. The summed E-state index contributed by atoms with van der Waals surface area (Å²) >= 11 is 1.27. The number of hydrogen-bond acceptors (Lipinski definition) is 6. The van der Waals surface area contributed by atoms with E-state index in [1.54, 1.807) is 11.4 Å². The standard InChI is InChI=1S/C15H10F2N2O4S/c16-15(17)23-9-3-1-8(2-4-9)14(21)22-7-11-18-10-5-6-24-12(10)13(20)19-11/h1-6,15H,7H2,(H,18,19,20). The number of carbonyl (C=O) groups is 1. The number of benzene rings is 1. The Balaban J connectivity index is 1.67. The number of rotatable bonds is 5. The van der Waals surface area contributed by atoms with Crippen LogP contribution in [0.2, 0.25) is 0 Å². The lowest BCUT2D eigenvalue weighted by Gasteiger charge is -2.06. The normalized spacial score (nSPS) is 11.0. The predicted octanol–water partition coefficient (Wildman–Crippen LogP) is 2.94. The number of carbonyl (C=O) groups excluding carboxylic acids is 1. The maximum Gasteiger partial charge on any atom is 0.387 e. The van der Waals surface area contributed by atoms with Crippen molar-refractivity contribution in [2.45, 2.75) is 13.2 Å². The van der Waals surface area contributed by atoms with Crippen LogP contribution in [0.4, 0.5) is 8.78 Å². The van der Waals surface area contributed by atoms with E-state index in [4.69, 9.17) is 4.74 Å². The number of nitrogens with one attached hydrogen (secondary N) is 1. The Morgan fingerprint density at radius 1 is 1.25 bits per heavy atom. The monoisotopic (exact) mass is 352 g/mol. The molecule has 0 radical (unpaired) electrons. The minimum absolute atomic E-state index is 0.0598. The first-order valence-electron chi connectivity index (χ1n) is 6.71. The number of hydrogen-bond donors (Lipinski definition) is 1. The van der Waals surface area contributed by atoms with E-state index in [0.29, 0.717) is 10.2 Å². The van der Waals surface area contributed by atoms with Gasteiger partial charge in [0.05, 0.1) is 11.1 Å². The molecule has 2 aromatic heterocycles. The summed E-state index contributed by atoms with van der Waals surface area (Å²) in [5.41, 5.74) is 0.397. The minimum atomic E-state index is -2.93. The van der Waals surface area contributed by atoms with E-state index >= 15 is 0 Å². The molecule has 24 heavy (non-hydrogen) atoms. The Morgan fingerprint density at radius 3 is 2.71 bits per heavy atom. The first-order valence-corrected chi connectivity index (χ1v) is 7.59. The van der Waals surface area contributed by atoms with Gasteiger partial charge in [0.25, 0.3) is 5.56 Å². The highest BCUT2D eigenvalue weighted by Crippen LogP contribution is 2.16. The second-order valence-electron chi connectivity index (χ2n) is 4.63. The molecule has 0 fully saturated rings. The molecule has 1 aromatic carbocycles. The minimum Gasteiger partial charge on any atom is -0.454 e. The van der Waals surface area contributed by atoms with Gasteiger partial charge in [-0.3, -0.25) is 4.79 Å². The third kappa shape index (κ3) is 3.57. The van der Waals surface area contributed by atoms with Gasteiger partial charge < -0.3 is 14.5 Å². The Labute approximate surface area is 137 Å². The quantitative estimate of drug-likeness (QED) is 0.714. The fraction of sp³-hybridized carbons (Fsp3) is 0.133. The Bertz CT molecular complexity index is 921. The number of aromatic nitrogens is 2. The van der Waals surface area contributed by atoms with E-state index < -0.39 is 12.6 Å². The van der Waals surface area contributed by atoms with Crippen LogP contribution in [0.3, 0.4) is 0 Å². The summed E-state index contributed by atoms with van der Waals surface area (Å²) in [6.45, 7) is -3.15. The molecule has 0 aliphatic carbocycles. The van der Waals surface area contributed by atoms with Gasteiger partial charge in [-0.15, -0.1) is 11.3 Å². The molecular formula is C15H10F2N2O4S. The van der Waals surface area contributed by atoms with Gasteiger partial charge in [0, 0.05) is 0 Å². The van der Waals surface area contributed by atoms with E-state index in [-0.39, 0.29) is 29.3 Å². The Hall–Kier alpha value is -2.81. The molecular weight excluding hydrogens is 342 g/mol. The van der Waals surface area contributed by atoms with Crippen molar-refractivity contribution in [3.05, 3.63) is 57.5 Å². The highest BCUT2D eigenvalue weighted by Gasteiger charge is 2.11. The molecule has 124 valence electrons. The van der Waals surface area contributed by atoms with Gasteiger partial charge in [-0.2, -0.15) is 8.78 Å². The van der Waals surface area contributed by atoms with Crippen molar-refractivity contribution in [1.29, 1.82) is 0 Å². The third-order valence-electron chi connectivity index (χ3n) is 3.02. The summed E-state index contributed by atoms with van der Waals surface area (Å²) in [6.07, 6.45) is 0. The summed E-state index contributed by atoms with van der Waals surface area (Å²) in [7, 11) is 0. The van der Waals surface area contributed by atoms with Crippen LogP contribution in [-0.4, -0.2) is 22.5 Å². The van der Waals surface area contributed by atoms with E-state index in [1.807, 2.05) is 0 Å². The van der Waals surface area contributed by atoms with Gasteiger partial charge in [-0.25, -0.2) is 9.78 Å². The average Bonchev–Trinajstić information content (AvgIpc) is 3.02. The van der Waals surface area contributed by atoms with Crippen molar-refractivity contribution in [3.8, 4) is 5.75 Å².